The van der Waals surface area contributed by atoms with Crippen molar-refractivity contribution in [2.75, 3.05) is 0 Å². The molecule has 0 saturated carbocycles. The zero-order valence-electron chi connectivity index (χ0n) is 5.36. The topological polar surface area (TPSA) is 24.7 Å². The third kappa shape index (κ3) is 0.838. The van der Waals surface area contributed by atoms with Gasteiger partial charge in [0.25, 0.3) is 0 Å². The van der Waals surface area contributed by atoms with E-state index in [1.807, 2.05) is 24.3 Å². The van der Waals surface area contributed by atoms with Gasteiger partial charge in [0.2, 0.25) is 0 Å². The molecule has 1 aromatic carbocycles. The van der Waals surface area contributed by atoms with Crippen LogP contribution in [0.25, 0.3) is 12.4 Å². The van der Waals surface area contributed by atoms with E-state index >= 15 is 0 Å². The zero-order valence-corrected chi connectivity index (χ0v) is 5.36. The minimum atomic E-state index is 1.10. The molecule has 2 aliphatic heterocycles. The van der Waals surface area contributed by atoms with Gasteiger partial charge >= 0.3 is 0 Å². The van der Waals surface area contributed by atoms with Crippen LogP contribution in [0.15, 0.2) is 34.5 Å². The Balaban J connectivity index is 2.91. The van der Waals surface area contributed by atoms with Crippen molar-refractivity contribution in [3.63, 3.8) is 0 Å². The van der Waals surface area contributed by atoms with Crippen LogP contribution >= 0.6 is 0 Å². The number of fused-ring (bicyclic) bond motifs is 4. The van der Waals surface area contributed by atoms with E-state index in [4.69, 9.17) is 0 Å². The molecule has 0 spiro atoms. The molecule has 0 fully saturated rings. The van der Waals surface area contributed by atoms with Gasteiger partial charge in [0, 0.05) is 0 Å². The summed E-state index contributed by atoms with van der Waals surface area (Å²) < 4.78 is 0. The van der Waals surface area contributed by atoms with Gasteiger partial charge in [-0.25, -0.2) is 0 Å². The highest BCUT2D eigenvalue weighted by molar-refractivity contribution is 5.29. The maximum absolute atomic E-state index is 3.80. The Kier molecular flexibility index (Phi) is 1.10. The quantitative estimate of drug-likeness (QED) is 0.492. The normalized spacial score (nSPS) is 13.2. The molecule has 2 nitrogen and oxygen atoms in total. The fourth-order valence-electron chi connectivity index (χ4n) is 0.868. The van der Waals surface area contributed by atoms with E-state index in [1.54, 1.807) is 12.4 Å². The number of hydrogen-bond donors (Lipinski definition) is 0. The maximum atomic E-state index is 3.80. The lowest BCUT2D eigenvalue weighted by Gasteiger charge is -1.87. The molecule has 0 unspecified atom stereocenters. The lowest BCUT2D eigenvalue weighted by atomic mass is 10.3. The average Bonchev–Trinajstić information content (AvgIpc) is 1.89. The van der Waals surface area contributed by atoms with E-state index in [-0.39, 0.29) is 0 Å². The van der Waals surface area contributed by atoms with Crippen LogP contribution in [0, 0.1) is 0 Å². The summed E-state index contributed by atoms with van der Waals surface area (Å²) in [6, 6.07) is 8.07. The Morgan fingerprint density at radius 1 is 0.700 bits per heavy atom. The summed E-state index contributed by atoms with van der Waals surface area (Å²) in [4.78, 5) is 0. The molecule has 48 valence electrons. The van der Waals surface area contributed by atoms with Crippen molar-refractivity contribution in [3.05, 3.63) is 34.7 Å². The standard InChI is InChI=1S/C8H6N2/c1-2-8-4-3-7(1)5-9-10-6-8/h1-6H. The Hall–Kier alpha value is -1.44. The van der Waals surface area contributed by atoms with Crippen LogP contribution in [-0.2, 0) is 0 Å². The molecule has 0 aromatic heterocycles. The second-order valence-electron chi connectivity index (χ2n) is 2.16. The summed E-state index contributed by atoms with van der Waals surface area (Å²) in [5, 5.41) is 9.79. The van der Waals surface area contributed by atoms with Gasteiger partial charge in [0.1, 0.15) is 0 Å². The molecule has 0 aliphatic carbocycles. The molecular weight excluding hydrogens is 124 g/mol. The predicted octanol–water partition coefficient (Wildman–Crippen LogP) is 0.628. The Bertz CT molecular complexity index is 316. The third-order valence-corrected chi connectivity index (χ3v) is 1.42. The van der Waals surface area contributed by atoms with Gasteiger partial charge in [-0.2, -0.15) is 10.2 Å². The molecular formula is C8H6N2. The molecule has 10 heavy (non-hydrogen) atoms. The monoisotopic (exact) mass is 130 g/mol. The second-order valence-corrected chi connectivity index (χ2v) is 2.16. The Labute approximate surface area is 58.2 Å². The molecule has 2 heterocycles. The molecule has 3 rings (SSSR count). The average molecular weight is 130 g/mol. The number of benzene rings is 1. The van der Waals surface area contributed by atoms with Crippen LogP contribution < -0.4 is 10.4 Å². The van der Waals surface area contributed by atoms with E-state index in [0.29, 0.717) is 0 Å². The van der Waals surface area contributed by atoms with Crippen molar-refractivity contribution >= 4 is 12.4 Å². The number of hydrogen-bond acceptors (Lipinski definition) is 2. The van der Waals surface area contributed by atoms with E-state index in [9.17, 15) is 0 Å². The van der Waals surface area contributed by atoms with Gasteiger partial charge in [0.15, 0.2) is 0 Å². The number of azo groups is 1. The zero-order chi connectivity index (χ0) is 6.81. The molecule has 2 heteroatoms. The van der Waals surface area contributed by atoms with Crippen LogP contribution in [0.4, 0.5) is 0 Å². The summed E-state index contributed by atoms with van der Waals surface area (Å²) in [6.07, 6.45) is 3.47. The van der Waals surface area contributed by atoms with Crippen LogP contribution in [-0.4, -0.2) is 0 Å². The van der Waals surface area contributed by atoms with Crippen LogP contribution in [0.1, 0.15) is 0 Å². The highest BCUT2D eigenvalue weighted by Gasteiger charge is 1.81. The highest BCUT2D eigenvalue weighted by atomic mass is 15.1. The highest BCUT2D eigenvalue weighted by Crippen LogP contribution is 1.82. The van der Waals surface area contributed by atoms with Gasteiger partial charge < -0.3 is 0 Å². The summed E-state index contributed by atoms with van der Waals surface area (Å²) in [5.41, 5.74) is 0. The second kappa shape index (κ2) is 2.06. The Morgan fingerprint density at radius 3 is 1.50 bits per heavy atom. The fraction of sp³-hybridized carbons (Fsp3) is 0. The molecule has 2 bridgehead atoms. The van der Waals surface area contributed by atoms with E-state index < -0.39 is 0 Å². The minimum Gasteiger partial charge on any atom is -0.159 e. The van der Waals surface area contributed by atoms with Crippen molar-refractivity contribution in [2.45, 2.75) is 0 Å². The minimum absolute atomic E-state index is 1.10. The molecule has 1 aromatic rings. The first-order chi connectivity index (χ1) is 4.95. The molecule has 0 atom stereocenters. The van der Waals surface area contributed by atoms with E-state index in [2.05, 4.69) is 10.2 Å². The van der Waals surface area contributed by atoms with Crippen molar-refractivity contribution in [2.24, 2.45) is 10.2 Å². The van der Waals surface area contributed by atoms with Crippen LogP contribution in [0.3, 0.4) is 0 Å². The van der Waals surface area contributed by atoms with Crippen LogP contribution in [0.5, 0.6) is 0 Å². The SMILES string of the molecule is C1=c2ccc(cc2)=CN=N1. The molecule has 0 saturated heterocycles. The fourth-order valence-corrected chi connectivity index (χ4v) is 0.868. The number of nitrogens with zero attached hydrogens (tertiary/aromatic N) is 2. The van der Waals surface area contributed by atoms with Gasteiger partial charge in [-0.15, -0.1) is 0 Å². The van der Waals surface area contributed by atoms with Crippen molar-refractivity contribution in [3.8, 4) is 0 Å². The first-order valence-electron chi connectivity index (χ1n) is 3.12. The van der Waals surface area contributed by atoms with Crippen molar-refractivity contribution < 1.29 is 0 Å². The molecule has 0 N–H and O–H groups in total. The van der Waals surface area contributed by atoms with Gasteiger partial charge in [-0.1, -0.05) is 24.3 Å². The summed E-state index contributed by atoms with van der Waals surface area (Å²) in [7, 11) is 0. The smallest absolute Gasteiger partial charge is 0.0568 e. The first kappa shape index (κ1) is 5.35. The van der Waals surface area contributed by atoms with Gasteiger partial charge in [-0.05, 0) is 10.4 Å². The number of rotatable bonds is 0. The predicted molar refractivity (Wildman–Crippen MR) is 39.5 cm³/mol. The van der Waals surface area contributed by atoms with Crippen molar-refractivity contribution in [1.82, 2.24) is 0 Å². The maximum Gasteiger partial charge on any atom is 0.0568 e. The van der Waals surface area contributed by atoms with E-state index in [0.717, 1.165) is 10.4 Å². The van der Waals surface area contributed by atoms with E-state index in [1.165, 1.54) is 0 Å². The van der Waals surface area contributed by atoms with Gasteiger partial charge in [0.05, 0.1) is 12.4 Å². The van der Waals surface area contributed by atoms with Crippen LogP contribution in [0.2, 0.25) is 0 Å². The van der Waals surface area contributed by atoms with Gasteiger partial charge in [-0.3, -0.25) is 0 Å². The Morgan fingerprint density at radius 2 is 1.10 bits per heavy atom. The molecule has 0 amide bonds. The van der Waals surface area contributed by atoms with Crippen molar-refractivity contribution in [1.29, 1.82) is 0 Å². The summed E-state index contributed by atoms with van der Waals surface area (Å²) in [5.74, 6) is 0. The first-order valence-corrected chi connectivity index (χ1v) is 3.12. The molecule has 2 aliphatic rings. The third-order valence-electron chi connectivity index (χ3n) is 1.42. The summed E-state index contributed by atoms with van der Waals surface area (Å²) in [6.45, 7) is 0. The molecule has 0 radical (unpaired) electrons. The lowest BCUT2D eigenvalue weighted by Crippen LogP contribution is -2.06. The summed E-state index contributed by atoms with van der Waals surface area (Å²) >= 11 is 0. The lowest BCUT2D eigenvalue weighted by molar-refractivity contribution is 1.30. The largest absolute Gasteiger partial charge is 0.159 e.